The van der Waals surface area contributed by atoms with E-state index in [1.165, 1.54) is 12.0 Å². The molecule has 2 amide bonds. The summed E-state index contributed by atoms with van der Waals surface area (Å²) in [6, 6.07) is 10.5. The lowest BCUT2D eigenvalue weighted by atomic mass is 10.1. The van der Waals surface area contributed by atoms with Crippen molar-refractivity contribution in [3.05, 3.63) is 61.9 Å². The molecule has 5 nitrogen and oxygen atoms in total. The molecule has 1 fully saturated rings. The van der Waals surface area contributed by atoms with Crippen LogP contribution in [0.15, 0.2) is 45.8 Å². The highest BCUT2D eigenvalue weighted by atomic mass is 79.9. The van der Waals surface area contributed by atoms with Crippen LogP contribution >= 0.6 is 39.3 Å². The zero-order chi connectivity index (χ0) is 19.6. The average Bonchev–Trinajstić information content (AvgIpc) is 2.92. The molecule has 2 aromatic carbocycles. The van der Waals surface area contributed by atoms with E-state index in [4.69, 9.17) is 21.1 Å². The predicted octanol–water partition coefficient (Wildman–Crippen LogP) is 5.36. The fourth-order valence-electron chi connectivity index (χ4n) is 2.53. The molecule has 1 heterocycles. The molecule has 0 aromatic heterocycles. The van der Waals surface area contributed by atoms with E-state index in [2.05, 4.69) is 15.9 Å². The van der Waals surface area contributed by atoms with E-state index in [1.54, 1.807) is 49.6 Å². The van der Waals surface area contributed by atoms with Crippen LogP contribution in [0.25, 0.3) is 6.08 Å². The molecule has 1 aliphatic heterocycles. The van der Waals surface area contributed by atoms with Crippen LogP contribution in [0.5, 0.6) is 11.5 Å². The lowest BCUT2D eigenvalue weighted by molar-refractivity contribution is -0.123. The number of nitrogens with zero attached hydrogens (tertiary/aromatic N) is 1. The van der Waals surface area contributed by atoms with Crippen molar-refractivity contribution in [2.24, 2.45) is 0 Å². The Labute approximate surface area is 174 Å². The quantitative estimate of drug-likeness (QED) is 0.553. The fraction of sp³-hybridized carbons (Fsp3) is 0.158. The number of carbonyl (C=O) groups is 2. The number of amides is 2. The maximum absolute atomic E-state index is 12.7. The maximum Gasteiger partial charge on any atom is 0.293 e. The number of rotatable bonds is 5. The number of halogens is 2. The highest BCUT2D eigenvalue weighted by Crippen LogP contribution is 2.38. The Balaban J connectivity index is 1.87. The molecule has 0 saturated carbocycles. The van der Waals surface area contributed by atoms with Gasteiger partial charge in [0.1, 0.15) is 0 Å². The van der Waals surface area contributed by atoms with E-state index in [0.717, 1.165) is 21.8 Å². The number of ether oxygens (including phenoxy) is 2. The molecule has 0 N–H and O–H groups in total. The van der Waals surface area contributed by atoms with Gasteiger partial charge in [0.15, 0.2) is 11.5 Å². The molecule has 0 atom stereocenters. The Morgan fingerprint density at radius 3 is 2.37 bits per heavy atom. The number of benzene rings is 2. The van der Waals surface area contributed by atoms with E-state index in [1.807, 2.05) is 0 Å². The maximum atomic E-state index is 12.7. The van der Waals surface area contributed by atoms with Gasteiger partial charge in [0.25, 0.3) is 11.1 Å². The lowest BCUT2D eigenvalue weighted by Gasteiger charge is -2.12. The minimum absolute atomic E-state index is 0.201. The minimum Gasteiger partial charge on any atom is -0.493 e. The number of thioether (sulfide) groups is 1. The Bertz CT molecular complexity index is 930. The van der Waals surface area contributed by atoms with Crippen molar-refractivity contribution in [1.29, 1.82) is 0 Å². The van der Waals surface area contributed by atoms with Crippen molar-refractivity contribution in [2.45, 2.75) is 6.54 Å². The number of hydrogen-bond donors (Lipinski definition) is 0. The second-order valence-corrected chi connectivity index (χ2v) is 7.91. The van der Waals surface area contributed by atoms with Gasteiger partial charge in [-0.15, -0.1) is 0 Å². The highest BCUT2D eigenvalue weighted by molar-refractivity contribution is 9.10. The molecule has 2 aromatic rings. The number of carbonyl (C=O) groups excluding carboxylic acids is 2. The summed E-state index contributed by atoms with van der Waals surface area (Å²) in [5.41, 5.74) is 1.54. The lowest BCUT2D eigenvalue weighted by Crippen LogP contribution is -2.27. The average molecular weight is 469 g/mol. The van der Waals surface area contributed by atoms with Gasteiger partial charge in [-0.05, 0) is 53.2 Å². The van der Waals surface area contributed by atoms with E-state index < -0.39 is 0 Å². The third-order valence-corrected chi connectivity index (χ3v) is 5.76. The van der Waals surface area contributed by atoms with Gasteiger partial charge in [0.2, 0.25) is 0 Å². The fourth-order valence-corrected chi connectivity index (χ4v) is 3.92. The molecule has 0 aliphatic carbocycles. The smallest absolute Gasteiger partial charge is 0.293 e. The molecule has 140 valence electrons. The topological polar surface area (TPSA) is 55.8 Å². The van der Waals surface area contributed by atoms with Gasteiger partial charge in [-0.3, -0.25) is 14.5 Å². The second kappa shape index (κ2) is 8.37. The molecule has 1 saturated heterocycles. The molecule has 3 rings (SSSR count). The first-order valence-electron chi connectivity index (χ1n) is 7.84. The summed E-state index contributed by atoms with van der Waals surface area (Å²) in [6.45, 7) is 0.201. The monoisotopic (exact) mass is 467 g/mol. The second-order valence-electron chi connectivity index (χ2n) is 5.62. The first-order valence-corrected chi connectivity index (χ1v) is 9.83. The molecular weight excluding hydrogens is 454 g/mol. The van der Waals surface area contributed by atoms with Crippen molar-refractivity contribution in [3.63, 3.8) is 0 Å². The zero-order valence-corrected chi connectivity index (χ0v) is 17.7. The Kier molecular flexibility index (Phi) is 6.14. The summed E-state index contributed by atoms with van der Waals surface area (Å²) in [5, 5.41) is 0.295. The van der Waals surface area contributed by atoms with E-state index in [0.29, 0.717) is 27.0 Å². The highest BCUT2D eigenvalue weighted by Gasteiger charge is 2.35. The summed E-state index contributed by atoms with van der Waals surface area (Å²) in [5.74, 6) is 0.770. The Morgan fingerprint density at radius 1 is 1.11 bits per heavy atom. The van der Waals surface area contributed by atoms with Crippen molar-refractivity contribution >= 4 is 56.5 Å². The molecule has 0 spiro atoms. The van der Waals surface area contributed by atoms with Crippen LogP contribution in [-0.2, 0) is 11.3 Å². The predicted molar refractivity (Wildman–Crippen MR) is 110 cm³/mol. The number of imide groups is 1. The Morgan fingerprint density at radius 2 is 1.74 bits per heavy atom. The van der Waals surface area contributed by atoms with Gasteiger partial charge in [0.05, 0.1) is 25.7 Å². The molecule has 1 aliphatic rings. The van der Waals surface area contributed by atoms with Gasteiger partial charge >= 0.3 is 0 Å². The number of methoxy groups -OCH3 is 2. The van der Waals surface area contributed by atoms with Crippen molar-refractivity contribution in [1.82, 2.24) is 4.90 Å². The van der Waals surface area contributed by atoms with Gasteiger partial charge in [0, 0.05) is 9.50 Å². The van der Waals surface area contributed by atoms with Crippen molar-refractivity contribution in [3.8, 4) is 11.5 Å². The van der Waals surface area contributed by atoms with Gasteiger partial charge in [-0.1, -0.05) is 39.7 Å². The summed E-state index contributed by atoms with van der Waals surface area (Å²) < 4.78 is 11.3. The third kappa shape index (κ3) is 4.31. The molecule has 27 heavy (non-hydrogen) atoms. The van der Waals surface area contributed by atoms with Crippen LogP contribution in [0, 0.1) is 0 Å². The first kappa shape index (κ1) is 19.8. The van der Waals surface area contributed by atoms with Crippen molar-refractivity contribution in [2.75, 3.05) is 14.2 Å². The molecular formula is C19H15BrClNO4S. The zero-order valence-electron chi connectivity index (χ0n) is 14.5. The normalized spacial score (nSPS) is 15.6. The van der Waals surface area contributed by atoms with E-state index >= 15 is 0 Å². The third-order valence-electron chi connectivity index (χ3n) is 3.92. The van der Waals surface area contributed by atoms with Crippen LogP contribution in [0.2, 0.25) is 5.02 Å². The van der Waals surface area contributed by atoms with Crippen LogP contribution in [-0.4, -0.2) is 30.3 Å². The molecule has 0 radical (unpaired) electrons. The summed E-state index contributed by atoms with van der Waals surface area (Å²) >= 11 is 10.2. The Hall–Kier alpha value is -1.96. The standard InChI is InChI=1S/C19H15BrClNO4S/c1-25-15-7-12(14(20)9-16(15)26-2)8-17-18(23)22(19(24)27-17)10-11-3-5-13(21)6-4-11/h3-9H,10H2,1-2H3/b17-8-. The summed E-state index contributed by atoms with van der Waals surface area (Å²) in [4.78, 5) is 26.6. The van der Waals surface area contributed by atoms with Crippen LogP contribution in [0.4, 0.5) is 4.79 Å². The molecule has 8 heteroatoms. The van der Waals surface area contributed by atoms with Gasteiger partial charge < -0.3 is 9.47 Å². The molecule has 0 unspecified atom stereocenters. The van der Waals surface area contributed by atoms with Gasteiger partial charge in [-0.2, -0.15) is 0 Å². The summed E-state index contributed by atoms with van der Waals surface area (Å²) in [7, 11) is 3.08. The van der Waals surface area contributed by atoms with Crippen LogP contribution in [0.3, 0.4) is 0 Å². The SMILES string of the molecule is COc1cc(Br)c(/C=C2\SC(=O)N(Cc3ccc(Cl)cc3)C2=O)cc1OC. The van der Waals surface area contributed by atoms with E-state index in [-0.39, 0.29) is 17.7 Å². The van der Waals surface area contributed by atoms with Crippen LogP contribution in [0.1, 0.15) is 11.1 Å². The van der Waals surface area contributed by atoms with Crippen LogP contribution < -0.4 is 9.47 Å². The molecule has 0 bridgehead atoms. The van der Waals surface area contributed by atoms with Crippen molar-refractivity contribution < 1.29 is 19.1 Å². The summed E-state index contributed by atoms with van der Waals surface area (Å²) in [6.07, 6.45) is 1.67. The largest absolute Gasteiger partial charge is 0.493 e. The minimum atomic E-state index is -0.332. The van der Waals surface area contributed by atoms with E-state index in [9.17, 15) is 9.59 Å². The van der Waals surface area contributed by atoms with Gasteiger partial charge in [-0.25, -0.2) is 0 Å². The first-order chi connectivity index (χ1) is 12.9. The number of hydrogen-bond acceptors (Lipinski definition) is 5.